The number of hydrogen-bond donors (Lipinski definition) is 3. The molecule has 0 amide bonds. The van der Waals surface area contributed by atoms with Crippen molar-refractivity contribution in [1.82, 2.24) is 14.6 Å². The fourth-order valence-electron chi connectivity index (χ4n) is 3.44. The van der Waals surface area contributed by atoms with E-state index in [1.807, 2.05) is 0 Å². The number of alkyl halides is 1. The predicted molar refractivity (Wildman–Crippen MR) is 135 cm³/mol. The summed E-state index contributed by atoms with van der Waals surface area (Å²) in [7, 11) is -4.31. The number of benzene rings is 1. The number of aliphatic hydroxyl groups excluding tert-OH is 1. The molecule has 0 saturated carbocycles. The Morgan fingerprint density at radius 2 is 2.11 bits per heavy atom. The van der Waals surface area contributed by atoms with Gasteiger partial charge in [0, 0.05) is 12.3 Å². The lowest BCUT2D eigenvalue weighted by molar-refractivity contribution is -0.148. The van der Waals surface area contributed by atoms with Crippen molar-refractivity contribution in [1.29, 1.82) is 0 Å². The SMILES string of the molecule is C=C[C@H](NP(=O)(OC[C@H]1O[C@@H](n2ccc(=O)[nH]c2=O)[C@@H](Cl)[C@@H]1O)Oc1cccc(C)c1)C(=O)OC(C)C. The zero-order chi connectivity index (χ0) is 27.3. The third-order valence-corrected chi connectivity index (χ3v) is 7.19. The first-order valence-corrected chi connectivity index (χ1v) is 13.3. The van der Waals surface area contributed by atoms with Gasteiger partial charge in [-0.05, 0) is 38.5 Å². The standard InChI is InChI=1S/C23H29ClN3O9P/c1-5-16(22(30)34-13(2)3)26-37(32,36-15-8-6-7-14(4)11-15)33-12-17-20(29)19(24)21(35-17)27-10-9-18(28)25-23(27)31/h5-11,13,16-17,19-21,29H,1,12H2,2-4H3,(H,26,32)(H,25,28,31)/t16-,17+,19-,20+,21+,37?/m0/s1. The van der Waals surface area contributed by atoms with Crippen molar-refractivity contribution in [3.05, 3.63) is 75.6 Å². The molecular weight excluding hydrogens is 529 g/mol. The Bertz CT molecular complexity index is 1280. The van der Waals surface area contributed by atoms with Crippen molar-refractivity contribution in [3.8, 4) is 5.75 Å². The van der Waals surface area contributed by atoms with Crippen molar-refractivity contribution in [2.45, 2.75) is 56.7 Å². The number of halogens is 1. The molecule has 1 aliphatic rings. The highest BCUT2D eigenvalue weighted by atomic mass is 35.5. The third kappa shape index (κ3) is 7.41. The van der Waals surface area contributed by atoms with Gasteiger partial charge in [-0.1, -0.05) is 18.2 Å². The second-order valence-corrected chi connectivity index (χ2v) is 10.7. The van der Waals surface area contributed by atoms with Crippen LogP contribution in [-0.2, 0) is 23.4 Å². The Morgan fingerprint density at radius 3 is 2.73 bits per heavy atom. The number of nitrogens with zero attached hydrogens (tertiary/aromatic N) is 1. The van der Waals surface area contributed by atoms with E-state index in [1.54, 1.807) is 45.0 Å². The summed E-state index contributed by atoms with van der Waals surface area (Å²) in [5.74, 6) is -0.561. The molecule has 1 saturated heterocycles. The maximum absolute atomic E-state index is 13.8. The molecule has 1 aliphatic heterocycles. The number of carbonyl (C=O) groups is 1. The molecule has 1 aromatic heterocycles. The van der Waals surface area contributed by atoms with Gasteiger partial charge in [0.1, 0.15) is 29.4 Å². The number of hydrogen-bond acceptors (Lipinski definition) is 9. The lowest BCUT2D eigenvalue weighted by Crippen LogP contribution is -2.38. The van der Waals surface area contributed by atoms with E-state index in [4.69, 9.17) is 30.1 Å². The van der Waals surface area contributed by atoms with E-state index in [1.165, 1.54) is 12.3 Å². The second kappa shape index (κ2) is 12.2. The molecule has 2 aromatic rings. The van der Waals surface area contributed by atoms with E-state index in [0.717, 1.165) is 16.2 Å². The molecule has 1 aromatic carbocycles. The fourth-order valence-corrected chi connectivity index (χ4v) is 5.25. The van der Waals surface area contributed by atoms with Crippen molar-refractivity contribution in [2.75, 3.05) is 6.61 Å². The van der Waals surface area contributed by atoms with Gasteiger partial charge in [-0.3, -0.25) is 18.9 Å². The van der Waals surface area contributed by atoms with Gasteiger partial charge >= 0.3 is 19.4 Å². The van der Waals surface area contributed by atoms with Crippen LogP contribution in [0.3, 0.4) is 0 Å². The summed E-state index contributed by atoms with van der Waals surface area (Å²) in [5, 5.41) is 12.0. The summed E-state index contributed by atoms with van der Waals surface area (Å²) in [5.41, 5.74) is -0.583. The molecule has 3 N–H and O–H groups in total. The van der Waals surface area contributed by atoms with Crippen molar-refractivity contribution >= 4 is 25.3 Å². The zero-order valence-corrected chi connectivity index (χ0v) is 22.1. The second-order valence-electron chi connectivity index (χ2n) is 8.55. The predicted octanol–water partition coefficient (Wildman–Crippen LogP) is 2.01. The number of aromatic nitrogens is 2. The highest BCUT2D eigenvalue weighted by Crippen LogP contribution is 2.46. The molecule has 37 heavy (non-hydrogen) atoms. The number of aromatic amines is 1. The van der Waals surface area contributed by atoms with E-state index >= 15 is 0 Å². The molecule has 0 aliphatic carbocycles. The molecule has 0 radical (unpaired) electrons. The minimum absolute atomic E-state index is 0.191. The van der Waals surface area contributed by atoms with E-state index in [-0.39, 0.29) is 5.75 Å². The van der Waals surface area contributed by atoms with E-state index in [9.17, 15) is 24.1 Å². The summed E-state index contributed by atoms with van der Waals surface area (Å²) in [6, 6.07) is 6.50. The van der Waals surface area contributed by atoms with Crippen LogP contribution in [0, 0.1) is 6.92 Å². The number of H-pyrrole nitrogens is 1. The lowest BCUT2D eigenvalue weighted by atomic mass is 10.2. The number of carbonyl (C=O) groups excluding carboxylic acids is 1. The number of rotatable bonds is 11. The van der Waals surface area contributed by atoms with Gasteiger partial charge in [-0.2, -0.15) is 5.09 Å². The third-order valence-electron chi connectivity index (χ3n) is 5.18. The van der Waals surface area contributed by atoms with Crippen molar-refractivity contribution < 1.29 is 33.0 Å². The van der Waals surface area contributed by atoms with Crippen molar-refractivity contribution in [2.24, 2.45) is 0 Å². The van der Waals surface area contributed by atoms with Gasteiger partial charge in [0.05, 0.1) is 12.7 Å². The average Bonchev–Trinajstić information content (AvgIpc) is 3.09. The average molecular weight is 558 g/mol. The van der Waals surface area contributed by atoms with Gasteiger partial charge in [-0.25, -0.2) is 14.2 Å². The van der Waals surface area contributed by atoms with Crippen LogP contribution in [0.1, 0.15) is 25.6 Å². The van der Waals surface area contributed by atoms with Gasteiger partial charge in [0.2, 0.25) is 0 Å². The highest BCUT2D eigenvalue weighted by molar-refractivity contribution is 7.52. The minimum atomic E-state index is -4.31. The topological polar surface area (TPSA) is 158 Å². The van der Waals surface area contributed by atoms with Crippen molar-refractivity contribution in [3.63, 3.8) is 0 Å². The molecule has 0 bridgehead atoms. The van der Waals surface area contributed by atoms with Crippen LogP contribution >= 0.6 is 19.3 Å². The lowest BCUT2D eigenvalue weighted by Gasteiger charge is -2.25. The zero-order valence-electron chi connectivity index (χ0n) is 20.4. The van der Waals surface area contributed by atoms with E-state index in [2.05, 4.69) is 16.7 Å². The van der Waals surface area contributed by atoms with Crippen LogP contribution in [0.5, 0.6) is 5.75 Å². The molecule has 1 fully saturated rings. The smallest absolute Gasteiger partial charge is 0.459 e. The summed E-state index contributed by atoms with van der Waals surface area (Å²) in [6.45, 7) is 8.19. The first-order chi connectivity index (χ1) is 17.4. The molecule has 1 unspecified atom stereocenters. The Balaban J connectivity index is 1.81. The van der Waals surface area contributed by atoms with Gasteiger partial charge < -0.3 is 19.1 Å². The highest BCUT2D eigenvalue weighted by Gasteiger charge is 2.45. The van der Waals surface area contributed by atoms with Gasteiger partial charge in [0.25, 0.3) is 5.56 Å². The number of aliphatic hydroxyl groups is 1. The molecule has 202 valence electrons. The number of esters is 1. The summed E-state index contributed by atoms with van der Waals surface area (Å²) >= 11 is 6.29. The fraction of sp³-hybridized carbons (Fsp3) is 0.435. The first-order valence-electron chi connectivity index (χ1n) is 11.3. The molecule has 6 atom stereocenters. The number of aryl methyl sites for hydroxylation is 1. The van der Waals surface area contributed by atoms with Crippen LogP contribution in [0.25, 0.3) is 0 Å². The maximum Gasteiger partial charge on any atom is 0.459 e. The van der Waals surface area contributed by atoms with Crippen LogP contribution in [0.4, 0.5) is 0 Å². The Labute approximate surface area is 217 Å². The first kappa shape index (κ1) is 28.8. The summed E-state index contributed by atoms with van der Waals surface area (Å²) in [6.07, 6.45) is -1.72. The molecule has 12 nitrogen and oxygen atoms in total. The normalized spacial score (nSPS) is 23.8. The quantitative estimate of drug-likeness (QED) is 0.161. The largest absolute Gasteiger partial charge is 0.462 e. The summed E-state index contributed by atoms with van der Waals surface area (Å²) < 4.78 is 36.9. The molecule has 2 heterocycles. The van der Waals surface area contributed by atoms with Gasteiger partial charge in [-0.15, -0.1) is 18.2 Å². The maximum atomic E-state index is 13.8. The van der Waals surface area contributed by atoms with Gasteiger partial charge in [0.15, 0.2) is 6.23 Å². The van der Waals surface area contributed by atoms with Crippen LogP contribution in [0.15, 0.2) is 58.8 Å². The minimum Gasteiger partial charge on any atom is -0.462 e. The summed E-state index contributed by atoms with van der Waals surface area (Å²) in [4.78, 5) is 38.1. The van der Waals surface area contributed by atoms with Crippen LogP contribution in [-0.4, -0.2) is 57.0 Å². The van der Waals surface area contributed by atoms with E-state index < -0.39 is 67.5 Å². The van der Waals surface area contributed by atoms with E-state index in [0.29, 0.717) is 0 Å². The Morgan fingerprint density at radius 1 is 1.38 bits per heavy atom. The van der Waals surface area contributed by atoms with Crippen LogP contribution < -0.4 is 20.9 Å². The molecule has 0 spiro atoms. The molecular formula is C23H29ClN3O9P. The number of ether oxygens (including phenoxy) is 2. The molecule has 14 heteroatoms. The van der Waals surface area contributed by atoms with Crippen LogP contribution in [0.2, 0.25) is 0 Å². The monoisotopic (exact) mass is 557 g/mol. The number of nitrogens with one attached hydrogen (secondary N) is 2. The Hall–Kier alpha value is -2.73. The Kier molecular flexibility index (Phi) is 9.51. The molecule has 3 rings (SSSR count).